The first-order chi connectivity index (χ1) is 8.72. The van der Waals surface area contributed by atoms with Crippen molar-refractivity contribution in [1.29, 1.82) is 0 Å². The Kier molecular flexibility index (Phi) is 3.76. The van der Waals surface area contributed by atoms with E-state index in [0.29, 0.717) is 6.54 Å². The van der Waals surface area contributed by atoms with Crippen LogP contribution in [0.15, 0.2) is 18.3 Å². The van der Waals surface area contributed by atoms with Crippen molar-refractivity contribution in [2.24, 2.45) is 7.05 Å². The smallest absolute Gasteiger partial charge is 0.132 e. The van der Waals surface area contributed by atoms with Crippen molar-refractivity contribution in [1.82, 2.24) is 19.7 Å². The summed E-state index contributed by atoms with van der Waals surface area (Å²) < 4.78 is 1.84. The first-order valence-corrected chi connectivity index (χ1v) is 5.99. The van der Waals surface area contributed by atoms with Gasteiger partial charge in [0.15, 0.2) is 0 Å². The van der Waals surface area contributed by atoms with Gasteiger partial charge in [0.05, 0.1) is 12.2 Å². The van der Waals surface area contributed by atoms with Gasteiger partial charge in [0.25, 0.3) is 0 Å². The van der Waals surface area contributed by atoms with Crippen LogP contribution < -0.4 is 10.6 Å². The maximum Gasteiger partial charge on any atom is 0.132 e. The minimum Gasteiger partial charge on any atom is -0.373 e. The summed E-state index contributed by atoms with van der Waals surface area (Å²) in [4.78, 5) is 8.79. The van der Waals surface area contributed by atoms with Crippen LogP contribution in [0.25, 0.3) is 0 Å². The molecule has 6 nitrogen and oxygen atoms in total. The van der Waals surface area contributed by atoms with Gasteiger partial charge in [-0.3, -0.25) is 4.68 Å². The molecule has 2 N–H and O–H groups in total. The lowest BCUT2D eigenvalue weighted by molar-refractivity contribution is 0.719. The van der Waals surface area contributed by atoms with Gasteiger partial charge < -0.3 is 10.6 Å². The highest BCUT2D eigenvalue weighted by Crippen LogP contribution is 2.12. The molecule has 2 rings (SSSR count). The SMILES string of the molecule is CCc1nc(NC)cc(NCc2ccnn2C)n1. The number of nitrogens with one attached hydrogen (secondary N) is 2. The fourth-order valence-electron chi connectivity index (χ4n) is 1.63. The molecule has 0 atom stereocenters. The van der Waals surface area contributed by atoms with E-state index in [-0.39, 0.29) is 0 Å². The van der Waals surface area contributed by atoms with Gasteiger partial charge in [0.1, 0.15) is 17.5 Å². The summed E-state index contributed by atoms with van der Waals surface area (Å²) in [5.41, 5.74) is 1.11. The van der Waals surface area contributed by atoms with Crippen LogP contribution in [0.3, 0.4) is 0 Å². The predicted molar refractivity (Wildman–Crippen MR) is 71.5 cm³/mol. The highest BCUT2D eigenvalue weighted by Gasteiger charge is 2.03. The average Bonchev–Trinajstić information content (AvgIpc) is 2.81. The molecule has 0 saturated heterocycles. The minimum atomic E-state index is 0.694. The van der Waals surface area contributed by atoms with E-state index in [1.54, 1.807) is 6.20 Å². The van der Waals surface area contributed by atoms with E-state index in [2.05, 4.69) is 25.7 Å². The average molecular weight is 246 g/mol. The standard InChI is InChI=1S/C12H18N6/c1-4-10-16-11(13-2)7-12(17-10)14-8-9-5-6-15-18(9)3/h5-7H,4,8H2,1-3H3,(H2,13,14,16,17). The molecule has 2 aromatic rings. The van der Waals surface area contributed by atoms with E-state index in [4.69, 9.17) is 0 Å². The molecule has 0 aliphatic heterocycles. The Hall–Kier alpha value is -2.11. The molecule has 6 heteroatoms. The van der Waals surface area contributed by atoms with Crippen LogP contribution in [0.1, 0.15) is 18.4 Å². The van der Waals surface area contributed by atoms with Crippen molar-refractivity contribution >= 4 is 11.6 Å². The monoisotopic (exact) mass is 246 g/mol. The van der Waals surface area contributed by atoms with Crippen molar-refractivity contribution in [2.45, 2.75) is 19.9 Å². The molecule has 0 aliphatic carbocycles. The fourth-order valence-corrected chi connectivity index (χ4v) is 1.63. The third-order valence-electron chi connectivity index (χ3n) is 2.72. The molecule has 0 saturated carbocycles. The van der Waals surface area contributed by atoms with Gasteiger partial charge in [-0.2, -0.15) is 5.10 Å². The summed E-state index contributed by atoms with van der Waals surface area (Å²) in [7, 11) is 3.78. The molecule has 0 unspecified atom stereocenters. The second-order valence-corrected chi connectivity index (χ2v) is 3.96. The summed E-state index contributed by atoms with van der Waals surface area (Å²) in [6.07, 6.45) is 2.60. The summed E-state index contributed by atoms with van der Waals surface area (Å²) in [5, 5.41) is 10.5. The molecule has 0 fully saturated rings. The van der Waals surface area contributed by atoms with Crippen LogP contribution in [0.2, 0.25) is 0 Å². The van der Waals surface area contributed by atoms with E-state index in [1.165, 1.54) is 0 Å². The van der Waals surface area contributed by atoms with Gasteiger partial charge in [-0.05, 0) is 6.07 Å². The second kappa shape index (κ2) is 5.48. The van der Waals surface area contributed by atoms with Crippen molar-refractivity contribution in [3.8, 4) is 0 Å². The first-order valence-electron chi connectivity index (χ1n) is 5.99. The molecule has 2 aromatic heterocycles. The van der Waals surface area contributed by atoms with Gasteiger partial charge in [0.2, 0.25) is 0 Å². The van der Waals surface area contributed by atoms with E-state index < -0.39 is 0 Å². The Balaban J connectivity index is 2.11. The van der Waals surface area contributed by atoms with Crippen LogP contribution >= 0.6 is 0 Å². The Morgan fingerprint density at radius 3 is 2.67 bits per heavy atom. The largest absolute Gasteiger partial charge is 0.373 e. The fraction of sp³-hybridized carbons (Fsp3) is 0.417. The number of nitrogens with zero attached hydrogens (tertiary/aromatic N) is 4. The van der Waals surface area contributed by atoms with Crippen molar-refractivity contribution in [3.05, 3.63) is 29.8 Å². The third kappa shape index (κ3) is 2.77. The molecule has 0 bridgehead atoms. The van der Waals surface area contributed by atoms with Crippen molar-refractivity contribution in [2.75, 3.05) is 17.7 Å². The molecular weight excluding hydrogens is 228 g/mol. The normalized spacial score (nSPS) is 10.4. The van der Waals surface area contributed by atoms with E-state index >= 15 is 0 Å². The molecular formula is C12H18N6. The molecule has 2 heterocycles. The molecule has 0 aromatic carbocycles. The topological polar surface area (TPSA) is 67.7 Å². The zero-order chi connectivity index (χ0) is 13.0. The van der Waals surface area contributed by atoms with E-state index in [0.717, 1.165) is 29.6 Å². The summed E-state index contributed by atoms with van der Waals surface area (Å²) in [6, 6.07) is 3.88. The van der Waals surface area contributed by atoms with Crippen LogP contribution in [0, 0.1) is 0 Å². The lowest BCUT2D eigenvalue weighted by Crippen LogP contribution is -2.09. The Bertz CT molecular complexity index is 497. The van der Waals surface area contributed by atoms with Gasteiger partial charge in [0, 0.05) is 32.8 Å². The number of aryl methyl sites for hydroxylation is 2. The predicted octanol–water partition coefficient (Wildman–Crippen LogP) is 1.43. The number of anilines is 2. The molecule has 18 heavy (non-hydrogen) atoms. The molecule has 0 spiro atoms. The van der Waals surface area contributed by atoms with Crippen molar-refractivity contribution in [3.63, 3.8) is 0 Å². The van der Waals surface area contributed by atoms with Gasteiger partial charge in [-0.25, -0.2) is 9.97 Å². The molecule has 0 radical (unpaired) electrons. The molecule has 0 aliphatic rings. The van der Waals surface area contributed by atoms with Crippen LogP contribution in [-0.2, 0) is 20.0 Å². The zero-order valence-corrected chi connectivity index (χ0v) is 10.9. The molecule has 96 valence electrons. The van der Waals surface area contributed by atoms with Crippen molar-refractivity contribution < 1.29 is 0 Å². The summed E-state index contributed by atoms with van der Waals surface area (Å²) >= 11 is 0. The number of rotatable bonds is 5. The Morgan fingerprint density at radius 1 is 1.28 bits per heavy atom. The third-order valence-corrected chi connectivity index (χ3v) is 2.72. The summed E-state index contributed by atoms with van der Waals surface area (Å²) in [6.45, 7) is 2.74. The first kappa shape index (κ1) is 12.3. The Morgan fingerprint density at radius 2 is 2.06 bits per heavy atom. The quantitative estimate of drug-likeness (QED) is 0.835. The second-order valence-electron chi connectivity index (χ2n) is 3.96. The lowest BCUT2D eigenvalue weighted by Gasteiger charge is -2.09. The highest BCUT2D eigenvalue weighted by molar-refractivity contribution is 5.47. The maximum atomic E-state index is 4.44. The van der Waals surface area contributed by atoms with Crippen LogP contribution in [-0.4, -0.2) is 26.8 Å². The Labute approximate surface area is 106 Å². The van der Waals surface area contributed by atoms with Crippen LogP contribution in [0.5, 0.6) is 0 Å². The van der Waals surface area contributed by atoms with Gasteiger partial charge >= 0.3 is 0 Å². The summed E-state index contributed by atoms with van der Waals surface area (Å²) in [5.74, 6) is 2.48. The zero-order valence-electron chi connectivity index (χ0n) is 10.9. The minimum absolute atomic E-state index is 0.694. The van der Waals surface area contributed by atoms with Crippen LogP contribution in [0.4, 0.5) is 11.6 Å². The van der Waals surface area contributed by atoms with E-state index in [9.17, 15) is 0 Å². The van der Waals surface area contributed by atoms with Gasteiger partial charge in [-0.15, -0.1) is 0 Å². The lowest BCUT2D eigenvalue weighted by atomic mass is 10.4. The number of hydrogen-bond acceptors (Lipinski definition) is 5. The van der Waals surface area contributed by atoms with Gasteiger partial charge in [-0.1, -0.05) is 6.92 Å². The number of aromatic nitrogens is 4. The highest BCUT2D eigenvalue weighted by atomic mass is 15.3. The maximum absolute atomic E-state index is 4.44. The number of hydrogen-bond donors (Lipinski definition) is 2. The molecule has 0 amide bonds. The van der Waals surface area contributed by atoms with E-state index in [1.807, 2.05) is 37.8 Å².